The van der Waals surface area contributed by atoms with Crippen LogP contribution in [0.3, 0.4) is 0 Å². The molecule has 2 nitrogen and oxygen atoms in total. The van der Waals surface area contributed by atoms with Gasteiger partial charge in [0.2, 0.25) is 0 Å². The molecular formula is C18H14N2S2. The fourth-order valence-corrected chi connectivity index (χ4v) is 4.15. The maximum absolute atomic E-state index is 6.30. The van der Waals surface area contributed by atoms with E-state index in [0.29, 0.717) is 0 Å². The topological polar surface area (TPSA) is 38.9 Å². The average Bonchev–Trinajstić information content (AvgIpc) is 3.25. The molecule has 2 aromatic heterocycles. The first-order valence-corrected chi connectivity index (χ1v) is 8.81. The summed E-state index contributed by atoms with van der Waals surface area (Å²) in [5.74, 6) is 0. The Morgan fingerprint density at radius 2 is 1.77 bits per heavy atom. The molecule has 0 amide bonds. The molecule has 4 aromatic rings. The Hall–Kier alpha value is -2.01. The normalized spacial score (nSPS) is 12.6. The standard InChI is InChI=1S/C18H14N2S2/c19-17(16-6-3-9-21-16)18-20-15(11-22-18)14-8-7-12-4-1-2-5-13(12)10-14/h1-11,17H,19H2. The lowest BCUT2D eigenvalue weighted by Crippen LogP contribution is -2.09. The summed E-state index contributed by atoms with van der Waals surface area (Å²) in [4.78, 5) is 5.90. The Labute approximate surface area is 136 Å². The highest BCUT2D eigenvalue weighted by molar-refractivity contribution is 7.11. The lowest BCUT2D eigenvalue weighted by atomic mass is 10.1. The van der Waals surface area contributed by atoms with E-state index in [2.05, 4.69) is 53.9 Å². The van der Waals surface area contributed by atoms with Crippen LogP contribution in [0.4, 0.5) is 0 Å². The third-order valence-electron chi connectivity index (χ3n) is 3.68. The first kappa shape index (κ1) is 13.6. The van der Waals surface area contributed by atoms with Crippen molar-refractivity contribution in [3.63, 3.8) is 0 Å². The molecule has 0 aliphatic heterocycles. The zero-order valence-electron chi connectivity index (χ0n) is 11.8. The van der Waals surface area contributed by atoms with Crippen LogP contribution in [-0.4, -0.2) is 4.98 Å². The van der Waals surface area contributed by atoms with Crippen molar-refractivity contribution in [3.05, 3.63) is 75.2 Å². The molecule has 0 radical (unpaired) electrons. The highest BCUT2D eigenvalue weighted by Gasteiger charge is 2.14. The van der Waals surface area contributed by atoms with Crippen LogP contribution in [0.1, 0.15) is 15.9 Å². The first-order valence-electron chi connectivity index (χ1n) is 7.05. The summed E-state index contributed by atoms with van der Waals surface area (Å²) in [6.07, 6.45) is 0. The van der Waals surface area contributed by atoms with Gasteiger partial charge in [0.25, 0.3) is 0 Å². The molecule has 1 unspecified atom stereocenters. The Bertz CT molecular complexity index is 910. The van der Waals surface area contributed by atoms with Crippen molar-refractivity contribution in [1.82, 2.24) is 4.98 Å². The van der Waals surface area contributed by atoms with E-state index in [9.17, 15) is 0 Å². The molecule has 108 valence electrons. The zero-order valence-corrected chi connectivity index (χ0v) is 13.4. The van der Waals surface area contributed by atoms with Gasteiger partial charge >= 0.3 is 0 Å². The molecular weight excluding hydrogens is 308 g/mol. The highest BCUT2D eigenvalue weighted by Crippen LogP contribution is 2.30. The molecule has 0 aliphatic rings. The van der Waals surface area contributed by atoms with Crippen molar-refractivity contribution in [1.29, 1.82) is 0 Å². The van der Waals surface area contributed by atoms with Gasteiger partial charge in [-0.3, -0.25) is 0 Å². The van der Waals surface area contributed by atoms with E-state index in [1.54, 1.807) is 22.7 Å². The second-order valence-corrected chi connectivity index (χ2v) is 6.99. The minimum absolute atomic E-state index is 0.126. The molecule has 1 atom stereocenters. The van der Waals surface area contributed by atoms with Crippen molar-refractivity contribution < 1.29 is 0 Å². The number of nitrogens with zero attached hydrogens (tertiary/aromatic N) is 1. The Morgan fingerprint density at radius 3 is 2.59 bits per heavy atom. The second kappa shape index (κ2) is 5.65. The van der Waals surface area contributed by atoms with Crippen molar-refractivity contribution in [2.75, 3.05) is 0 Å². The second-order valence-electron chi connectivity index (χ2n) is 5.13. The number of nitrogens with two attached hydrogens (primary N) is 1. The van der Waals surface area contributed by atoms with Crippen LogP contribution in [0.15, 0.2) is 65.4 Å². The molecule has 2 aromatic carbocycles. The average molecular weight is 322 g/mol. The molecule has 2 N–H and O–H groups in total. The van der Waals surface area contributed by atoms with E-state index in [1.807, 2.05) is 11.4 Å². The molecule has 0 bridgehead atoms. The van der Waals surface area contributed by atoms with Crippen molar-refractivity contribution in [2.45, 2.75) is 6.04 Å². The van der Waals surface area contributed by atoms with Gasteiger partial charge in [-0.1, -0.05) is 42.5 Å². The Morgan fingerprint density at radius 1 is 0.909 bits per heavy atom. The molecule has 0 spiro atoms. The van der Waals surface area contributed by atoms with E-state index in [-0.39, 0.29) is 6.04 Å². The van der Waals surface area contributed by atoms with Gasteiger partial charge in [-0.05, 0) is 28.3 Å². The predicted molar refractivity (Wildman–Crippen MR) is 95.4 cm³/mol. The third-order valence-corrected chi connectivity index (χ3v) is 5.57. The molecule has 4 rings (SSSR count). The van der Waals surface area contributed by atoms with Gasteiger partial charge in [-0.2, -0.15) is 0 Å². The number of hydrogen-bond donors (Lipinski definition) is 1. The number of rotatable bonds is 3. The monoisotopic (exact) mass is 322 g/mol. The Balaban J connectivity index is 1.70. The van der Waals surface area contributed by atoms with Crippen LogP contribution in [0.5, 0.6) is 0 Å². The van der Waals surface area contributed by atoms with E-state index in [4.69, 9.17) is 10.7 Å². The molecule has 0 saturated carbocycles. The molecule has 4 heteroatoms. The van der Waals surface area contributed by atoms with Crippen molar-refractivity contribution in [2.24, 2.45) is 5.73 Å². The van der Waals surface area contributed by atoms with E-state index in [1.165, 1.54) is 10.8 Å². The summed E-state index contributed by atoms with van der Waals surface area (Å²) >= 11 is 3.30. The van der Waals surface area contributed by atoms with Crippen LogP contribution in [0, 0.1) is 0 Å². The van der Waals surface area contributed by atoms with Crippen LogP contribution < -0.4 is 5.73 Å². The van der Waals surface area contributed by atoms with Gasteiger partial charge in [0.05, 0.1) is 11.7 Å². The van der Waals surface area contributed by atoms with E-state index in [0.717, 1.165) is 21.1 Å². The molecule has 0 fully saturated rings. The van der Waals surface area contributed by atoms with Crippen LogP contribution in [0.2, 0.25) is 0 Å². The summed E-state index contributed by atoms with van der Waals surface area (Å²) in [5, 5.41) is 7.58. The predicted octanol–water partition coefficient (Wildman–Crippen LogP) is 5.07. The quantitative estimate of drug-likeness (QED) is 0.572. The van der Waals surface area contributed by atoms with E-state index >= 15 is 0 Å². The SMILES string of the molecule is NC(c1cccs1)c1nc(-c2ccc3ccccc3c2)cs1. The van der Waals surface area contributed by atoms with Crippen LogP contribution in [-0.2, 0) is 0 Å². The fourth-order valence-electron chi connectivity index (χ4n) is 2.50. The maximum Gasteiger partial charge on any atom is 0.115 e. The summed E-state index contributed by atoms with van der Waals surface area (Å²) in [6.45, 7) is 0. The van der Waals surface area contributed by atoms with Crippen LogP contribution >= 0.6 is 22.7 Å². The number of aromatic nitrogens is 1. The number of thiophene rings is 1. The maximum atomic E-state index is 6.30. The molecule has 22 heavy (non-hydrogen) atoms. The number of thiazole rings is 1. The van der Waals surface area contributed by atoms with Gasteiger partial charge in [0.15, 0.2) is 0 Å². The third kappa shape index (κ3) is 2.46. The van der Waals surface area contributed by atoms with Gasteiger partial charge in [-0.15, -0.1) is 22.7 Å². The van der Waals surface area contributed by atoms with Crippen LogP contribution in [0.25, 0.3) is 22.0 Å². The number of hydrogen-bond acceptors (Lipinski definition) is 4. The van der Waals surface area contributed by atoms with Gasteiger partial charge < -0.3 is 5.73 Å². The summed E-state index contributed by atoms with van der Waals surface area (Å²) in [5.41, 5.74) is 8.44. The number of benzene rings is 2. The largest absolute Gasteiger partial charge is 0.318 e. The Kier molecular flexibility index (Phi) is 3.50. The van der Waals surface area contributed by atoms with Crippen molar-refractivity contribution >= 4 is 33.4 Å². The highest BCUT2D eigenvalue weighted by atomic mass is 32.1. The van der Waals surface area contributed by atoms with Crippen molar-refractivity contribution in [3.8, 4) is 11.3 Å². The molecule has 0 aliphatic carbocycles. The summed E-state index contributed by atoms with van der Waals surface area (Å²) < 4.78 is 0. The van der Waals surface area contributed by atoms with Gasteiger partial charge in [0.1, 0.15) is 5.01 Å². The smallest absolute Gasteiger partial charge is 0.115 e. The number of fused-ring (bicyclic) bond motifs is 1. The first-order chi connectivity index (χ1) is 10.8. The lowest BCUT2D eigenvalue weighted by Gasteiger charge is -2.05. The molecule has 0 saturated heterocycles. The lowest BCUT2D eigenvalue weighted by molar-refractivity contribution is 0.879. The van der Waals surface area contributed by atoms with Gasteiger partial charge in [0, 0.05) is 15.8 Å². The molecule has 2 heterocycles. The summed E-state index contributed by atoms with van der Waals surface area (Å²) in [6, 6.07) is 18.8. The van der Waals surface area contributed by atoms with Gasteiger partial charge in [-0.25, -0.2) is 4.98 Å². The minimum atomic E-state index is -0.126. The summed E-state index contributed by atoms with van der Waals surface area (Å²) in [7, 11) is 0. The minimum Gasteiger partial charge on any atom is -0.318 e. The zero-order chi connectivity index (χ0) is 14.9. The fraction of sp³-hybridized carbons (Fsp3) is 0.0556. The van der Waals surface area contributed by atoms with E-state index < -0.39 is 0 Å².